The molecule has 1 saturated heterocycles. The molecule has 1 saturated carbocycles. The van der Waals surface area contributed by atoms with Crippen molar-refractivity contribution in [2.45, 2.75) is 44.2 Å². The number of rotatable bonds is 6. The first kappa shape index (κ1) is 19.1. The molecular weight excluding hydrogens is 372 g/mol. The highest BCUT2D eigenvalue weighted by Crippen LogP contribution is 2.48. The third-order valence-corrected chi connectivity index (χ3v) is 6.48. The molecule has 3 aromatic carbocycles. The third-order valence-electron chi connectivity index (χ3n) is 6.48. The van der Waals surface area contributed by atoms with Crippen LogP contribution in [-0.2, 0) is 5.54 Å². The molecule has 2 N–H and O–H groups in total. The number of hydrogen-bond acceptors (Lipinski definition) is 3. The first-order valence-electron chi connectivity index (χ1n) is 10.9. The zero-order chi connectivity index (χ0) is 20.6. The molecule has 1 aliphatic carbocycles. The van der Waals surface area contributed by atoms with E-state index in [9.17, 15) is 4.79 Å². The van der Waals surface area contributed by atoms with Crippen molar-refractivity contribution in [3.8, 4) is 5.75 Å². The molecule has 4 heteroatoms. The summed E-state index contributed by atoms with van der Waals surface area (Å²) in [5, 5.41) is 9.22. The molecule has 1 atom stereocenters. The van der Waals surface area contributed by atoms with Crippen molar-refractivity contribution in [1.82, 2.24) is 10.6 Å². The van der Waals surface area contributed by atoms with Gasteiger partial charge in [0.2, 0.25) is 0 Å². The quantitative estimate of drug-likeness (QED) is 0.631. The van der Waals surface area contributed by atoms with Crippen molar-refractivity contribution in [3.05, 3.63) is 77.4 Å². The maximum atomic E-state index is 13.3. The van der Waals surface area contributed by atoms with Crippen LogP contribution in [-0.4, -0.2) is 25.1 Å². The Morgan fingerprint density at radius 2 is 1.97 bits per heavy atom. The van der Waals surface area contributed by atoms with E-state index in [0.717, 1.165) is 37.1 Å². The van der Waals surface area contributed by atoms with Crippen molar-refractivity contribution < 1.29 is 9.53 Å². The Bertz CT molecular complexity index is 1080. The Hall–Kier alpha value is -2.85. The average Bonchev–Trinajstić information content (AvgIpc) is 3.35. The molecule has 4 nitrogen and oxygen atoms in total. The number of benzene rings is 3. The van der Waals surface area contributed by atoms with Crippen LogP contribution in [0, 0.1) is 6.92 Å². The van der Waals surface area contributed by atoms with Crippen molar-refractivity contribution in [3.63, 3.8) is 0 Å². The van der Waals surface area contributed by atoms with Gasteiger partial charge in [-0.2, -0.15) is 0 Å². The Balaban J connectivity index is 1.36. The van der Waals surface area contributed by atoms with Gasteiger partial charge in [-0.15, -0.1) is 0 Å². The van der Waals surface area contributed by atoms with Crippen LogP contribution >= 0.6 is 0 Å². The fraction of sp³-hybridized carbons (Fsp3) is 0.346. The summed E-state index contributed by atoms with van der Waals surface area (Å²) < 4.78 is 5.98. The molecule has 3 aromatic rings. The number of carbonyl (C=O) groups is 1. The minimum absolute atomic E-state index is 0.0256. The van der Waals surface area contributed by atoms with Gasteiger partial charge in [-0.1, -0.05) is 48.5 Å². The fourth-order valence-electron chi connectivity index (χ4n) is 4.55. The van der Waals surface area contributed by atoms with E-state index in [1.807, 2.05) is 25.1 Å². The second kappa shape index (κ2) is 7.77. The maximum Gasteiger partial charge on any atom is 0.252 e. The van der Waals surface area contributed by atoms with Crippen LogP contribution in [0.1, 0.15) is 47.2 Å². The van der Waals surface area contributed by atoms with Gasteiger partial charge in [0.15, 0.2) is 0 Å². The minimum Gasteiger partial charge on any atom is -0.492 e. The number of hydrogen-bond donors (Lipinski definition) is 2. The zero-order valence-electron chi connectivity index (χ0n) is 17.4. The molecular formula is C26H28N2O2. The summed E-state index contributed by atoms with van der Waals surface area (Å²) >= 11 is 0. The third kappa shape index (κ3) is 3.68. The predicted molar refractivity (Wildman–Crippen MR) is 120 cm³/mol. The van der Waals surface area contributed by atoms with Gasteiger partial charge in [0.05, 0.1) is 5.54 Å². The van der Waals surface area contributed by atoms with E-state index in [-0.39, 0.29) is 11.4 Å². The van der Waals surface area contributed by atoms with Gasteiger partial charge >= 0.3 is 0 Å². The van der Waals surface area contributed by atoms with Crippen molar-refractivity contribution in [2.24, 2.45) is 0 Å². The Morgan fingerprint density at radius 3 is 2.77 bits per heavy atom. The molecule has 0 bridgehead atoms. The molecule has 1 unspecified atom stereocenters. The van der Waals surface area contributed by atoms with Gasteiger partial charge in [-0.25, -0.2) is 0 Å². The van der Waals surface area contributed by atoms with Gasteiger partial charge in [-0.05, 0) is 73.2 Å². The predicted octanol–water partition coefficient (Wildman–Crippen LogP) is 4.70. The molecule has 0 radical (unpaired) electrons. The van der Waals surface area contributed by atoms with Crippen LogP contribution in [0.2, 0.25) is 0 Å². The first-order chi connectivity index (χ1) is 14.6. The maximum absolute atomic E-state index is 13.3. The Labute approximate surface area is 177 Å². The number of ether oxygens (including phenoxy) is 1. The summed E-state index contributed by atoms with van der Waals surface area (Å²) in [6.45, 7) is 3.69. The normalized spacial score (nSPS) is 19.6. The molecule has 5 rings (SSSR count). The summed E-state index contributed by atoms with van der Waals surface area (Å²) in [5.41, 5.74) is 2.60. The molecule has 2 aliphatic rings. The smallest absolute Gasteiger partial charge is 0.252 e. The Kier molecular flexibility index (Phi) is 4.95. The molecule has 2 fully saturated rings. The lowest BCUT2D eigenvalue weighted by Gasteiger charge is -2.21. The van der Waals surface area contributed by atoms with E-state index in [1.54, 1.807) is 0 Å². The van der Waals surface area contributed by atoms with E-state index in [2.05, 4.69) is 53.1 Å². The van der Waals surface area contributed by atoms with Crippen molar-refractivity contribution >= 4 is 16.7 Å². The lowest BCUT2D eigenvalue weighted by atomic mass is 9.96. The molecule has 1 heterocycles. The van der Waals surface area contributed by atoms with E-state index >= 15 is 0 Å². The highest BCUT2D eigenvalue weighted by atomic mass is 16.5. The van der Waals surface area contributed by atoms with Crippen molar-refractivity contribution in [1.29, 1.82) is 0 Å². The monoisotopic (exact) mass is 400 g/mol. The van der Waals surface area contributed by atoms with Gasteiger partial charge in [-0.3, -0.25) is 4.79 Å². The van der Waals surface area contributed by atoms with Gasteiger partial charge in [0.25, 0.3) is 5.91 Å². The number of carbonyl (C=O) groups excluding carboxylic acids is 1. The number of fused-ring (bicyclic) bond motifs is 1. The number of nitrogens with one attached hydrogen (secondary N) is 2. The topological polar surface area (TPSA) is 50.4 Å². The van der Waals surface area contributed by atoms with E-state index < -0.39 is 0 Å². The second-order valence-corrected chi connectivity index (χ2v) is 8.64. The zero-order valence-corrected chi connectivity index (χ0v) is 17.4. The fourth-order valence-corrected chi connectivity index (χ4v) is 4.55. The summed E-state index contributed by atoms with van der Waals surface area (Å²) in [6.07, 6.45) is 4.28. The van der Waals surface area contributed by atoms with Gasteiger partial charge in [0.1, 0.15) is 12.4 Å². The molecule has 154 valence electrons. The molecule has 0 aromatic heterocycles. The van der Waals surface area contributed by atoms with Gasteiger partial charge in [0, 0.05) is 11.6 Å². The van der Waals surface area contributed by atoms with E-state index in [4.69, 9.17) is 4.74 Å². The second-order valence-electron chi connectivity index (χ2n) is 8.64. The van der Waals surface area contributed by atoms with Crippen molar-refractivity contribution in [2.75, 3.05) is 13.2 Å². The van der Waals surface area contributed by atoms with Gasteiger partial charge < -0.3 is 15.4 Å². The molecule has 0 spiro atoms. The highest BCUT2D eigenvalue weighted by molar-refractivity contribution is 5.97. The summed E-state index contributed by atoms with van der Waals surface area (Å²) in [4.78, 5) is 13.3. The number of amides is 1. The standard InChI is InChI=1S/C26H28N2O2/c1-18-11-12-21(30-17-20-8-5-15-27-20)16-23(18)25(29)28-26(13-14-26)24-10-4-7-19-6-2-3-9-22(19)24/h2-4,6-7,9-12,16,20,27H,5,8,13-15,17H2,1H3,(H,28,29). The largest absolute Gasteiger partial charge is 0.492 e. The summed E-state index contributed by atoms with van der Waals surface area (Å²) in [6, 6.07) is 21.0. The van der Waals surface area contributed by atoms with Crippen LogP contribution in [0.15, 0.2) is 60.7 Å². The summed E-state index contributed by atoms with van der Waals surface area (Å²) in [5.74, 6) is 0.733. The summed E-state index contributed by atoms with van der Waals surface area (Å²) in [7, 11) is 0. The van der Waals surface area contributed by atoms with Crippen LogP contribution in [0.4, 0.5) is 0 Å². The Morgan fingerprint density at radius 1 is 1.13 bits per heavy atom. The number of aryl methyl sites for hydroxylation is 1. The first-order valence-corrected chi connectivity index (χ1v) is 10.9. The SMILES string of the molecule is Cc1ccc(OCC2CCCN2)cc1C(=O)NC1(c2cccc3ccccc23)CC1. The van der Waals surface area contributed by atoms with Crippen LogP contribution in [0.25, 0.3) is 10.8 Å². The lowest BCUT2D eigenvalue weighted by Crippen LogP contribution is -2.35. The lowest BCUT2D eigenvalue weighted by molar-refractivity contribution is 0.0930. The average molecular weight is 401 g/mol. The van der Waals surface area contributed by atoms with E-state index in [1.165, 1.54) is 22.8 Å². The van der Waals surface area contributed by atoms with E-state index in [0.29, 0.717) is 18.2 Å². The highest BCUT2D eigenvalue weighted by Gasteiger charge is 2.46. The molecule has 1 amide bonds. The van der Waals surface area contributed by atoms with Crippen LogP contribution < -0.4 is 15.4 Å². The van der Waals surface area contributed by atoms with Crippen LogP contribution in [0.3, 0.4) is 0 Å². The minimum atomic E-state index is -0.269. The molecule has 1 aliphatic heterocycles. The van der Waals surface area contributed by atoms with Crippen LogP contribution in [0.5, 0.6) is 5.75 Å². The molecule has 30 heavy (non-hydrogen) atoms.